The van der Waals surface area contributed by atoms with Crippen molar-refractivity contribution in [3.05, 3.63) is 34.1 Å². The number of halogens is 3. The molecule has 0 spiro atoms. The van der Waals surface area contributed by atoms with Gasteiger partial charge in [0.25, 0.3) is 5.91 Å². The van der Waals surface area contributed by atoms with Gasteiger partial charge >= 0.3 is 0 Å². The second kappa shape index (κ2) is 5.47. The van der Waals surface area contributed by atoms with Crippen LogP contribution < -0.4 is 5.32 Å². The van der Waals surface area contributed by atoms with Gasteiger partial charge in [-0.25, -0.2) is 4.39 Å². The van der Waals surface area contributed by atoms with E-state index in [9.17, 15) is 9.18 Å². The minimum absolute atomic E-state index is 0.108. The molecule has 0 aliphatic rings. The molecule has 0 aliphatic carbocycles. The van der Waals surface area contributed by atoms with Crippen LogP contribution in [0.3, 0.4) is 0 Å². The Kier molecular flexibility index (Phi) is 4.54. The number of carbonyl (C=O) groups is 1. The first-order valence-electron chi connectivity index (χ1n) is 4.36. The number of hydrogen-bond donors (Lipinski definition) is 1. The highest BCUT2D eigenvalue weighted by atomic mass is 79.9. The van der Waals surface area contributed by atoms with Crippen LogP contribution >= 0.6 is 27.5 Å². The largest absolute Gasteiger partial charge is 0.348 e. The topological polar surface area (TPSA) is 29.1 Å². The Hall–Kier alpha value is -0.610. The van der Waals surface area contributed by atoms with Crippen molar-refractivity contribution in [1.82, 2.24) is 5.32 Å². The minimum Gasteiger partial charge on any atom is -0.348 e. The standard InChI is InChI=1S/C10H10BrClFNO/c1-6(5-12)14-10(15)7-2-3-9(13)8(11)4-7/h2-4,6H,5H2,1H3,(H,14,15). The molecule has 1 N–H and O–H groups in total. The van der Waals surface area contributed by atoms with Crippen molar-refractivity contribution in [2.45, 2.75) is 13.0 Å². The van der Waals surface area contributed by atoms with Gasteiger partial charge in [-0.2, -0.15) is 0 Å². The molecule has 1 unspecified atom stereocenters. The van der Waals surface area contributed by atoms with Crippen molar-refractivity contribution in [3.63, 3.8) is 0 Å². The zero-order valence-electron chi connectivity index (χ0n) is 8.06. The van der Waals surface area contributed by atoms with Gasteiger partial charge in [-0.15, -0.1) is 11.6 Å². The molecule has 1 atom stereocenters. The summed E-state index contributed by atoms with van der Waals surface area (Å²) in [6, 6.07) is 4.00. The van der Waals surface area contributed by atoms with Crippen LogP contribution in [0.15, 0.2) is 22.7 Å². The molecule has 0 saturated heterocycles. The second-order valence-corrected chi connectivity index (χ2v) is 4.32. The van der Waals surface area contributed by atoms with E-state index < -0.39 is 5.82 Å². The maximum Gasteiger partial charge on any atom is 0.251 e. The van der Waals surface area contributed by atoms with E-state index in [1.165, 1.54) is 18.2 Å². The van der Waals surface area contributed by atoms with Crippen LogP contribution in [0.25, 0.3) is 0 Å². The van der Waals surface area contributed by atoms with Crippen molar-refractivity contribution >= 4 is 33.4 Å². The normalized spacial score (nSPS) is 12.3. The number of amides is 1. The monoisotopic (exact) mass is 293 g/mol. The zero-order chi connectivity index (χ0) is 11.4. The first kappa shape index (κ1) is 12.5. The summed E-state index contributed by atoms with van der Waals surface area (Å²) in [6.45, 7) is 1.80. The lowest BCUT2D eigenvalue weighted by atomic mass is 10.2. The number of alkyl halides is 1. The summed E-state index contributed by atoms with van der Waals surface area (Å²) >= 11 is 8.57. The Morgan fingerprint density at radius 1 is 1.67 bits per heavy atom. The zero-order valence-corrected chi connectivity index (χ0v) is 10.4. The second-order valence-electron chi connectivity index (χ2n) is 3.16. The lowest BCUT2D eigenvalue weighted by molar-refractivity contribution is 0.0943. The molecule has 1 rings (SSSR count). The van der Waals surface area contributed by atoms with Crippen LogP contribution in [0.5, 0.6) is 0 Å². The maximum absolute atomic E-state index is 12.9. The first-order chi connectivity index (χ1) is 7.04. The van der Waals surface area contributed by atoms with Gasteiger partial charge in [0.15, 0.2) is 0 Å². The summed E-state index contributed by atoms with van der Waals surface area (Å²) in [5.41, 5.74) is 0.403. The summed E-state index contributed by atoms with van der Waals surface area (Å²) in [5, 5.41) is 2.68. The highest BCUT2D eigenvalue weighted by molar-refractivity contribution is 9.10. The molecule has 15 heavy (non-hydrogen) atoms. The molecule has 0 heterocycles. The quantitative estimate of drug-likeness (QED) is 0.853. The van der Waals surface area contributed by atoms with Gasteiger partial charge < -0.3 is 5.32 Å². The molecule has 0 fully saturated rings. The molecule has 82 valence electrons. The number of hydrogen-bond acceptors (Lipinski definition) is 1. The summed E-state index contributed by atoms with van der Waals surface area (Å²) in [4.78, 5) is 11.6. The highest BCUT2D eigenvalue weighted by Gasteiger charge is 2.10. The summed E-state index contributed by atoms with van der Waals surface area (Å²) in [5.74, 6) is -0.311. The average molecular weight is 295 g/mol. The van der Waals surface area contributed by atoms with E-state index in [1.54, 1.807) is 6.92 Å². The predicted octanol–water partition coefficient (Wildman–Crippen LogP) is 2.95. The fourth-order valence-electron chi connectivity index (χ4n) is 0.983. The van der Waals surface area contributed by atoms with Gasteiger partial charge in [0, 0.05) is 17.5 Å². The van der Waals surface area contributed by atoms with Gasteiger partial charge in [-0.05, 0) is 41.1 Å². The Morgan fingerprint density at radius 2 is 2.33 bits per heavy atom. The Bertz CT molecular complexity index is 372. The molecular weight excluding hydrogens is 284 g/mol. The first-order valence-corrected chi connectivity index (χ1v) is 5.69. The maximum atomic E-state index is 12.9. The van der Waals surface area contributed by atoms with Gasteiger partial charge in [0.05, 0.1) is 4.47 Å². The smallest absolute Gasteiger partial charge is 0.251 e. The fourth-order valence-corrected chi connectivity index (χ4v) is 1.44. The van der Waals surface area contributed by atoms with Crippen LogP contribution in [0.2, 0.25) is 0 Å². The molecule has 0 aromatic heterocycles. The molecule has 0 saturated carbocycles. The van der Waals surface area contributed by atoms with Crippen molar-refractivity contribution in [3.8, 4) is 0 Å². The van der Waals surface area contributed by atoms with E-state index in [4.69, 9.17) is 11.6 Å². The van der Waals surface area contributed by atoms with Gasteiger partial charge in [-0.3, -0.25) is 4.79 Å². The molecule has 0 aliphatic heterocycles. The lowest BCUT2D eigenvalue weighted by Crippen LogP contribution is -2.33. The van der Waals surface area contributed by atoms with E-state index >= 15 is 0 Å². The molecule has 0 bridgehead atoms. The van der Waals surface area contributed by atoms with Crippen molar-refractivity contribution in [2.24, 2.45) is 0 Å². The molecule has 1 aromatic rings. The summed E-state index contributed by atoms with van der Waals surface area (Å²) in [7, 11) is 0. The number of rotatable bonds is 3. The third kappa shape index (κ3) is 3.47. The Morgan fingerprint density at radius 3 is 2.87 bits per heavy atom. The van der Waals surface area contributed by atoms with Gasteiger partial charge in [0.2, 0.25) is 0 Å². The fraction of sp³-hybridized carbons (Fsp3) is 0.300. The third-order valence-corrected chi connectivity index (χ3v) is 2.86. The van der Waals surface area contributed by atoms with E-state index in [0.29, 0.717) is 11.4 Å². The van der Waals surface area contributed by atoms with Crippen LogP contribution in [-0.2, 0) is 0 Å². The molecule has 0 radical (unpaired) electrons. The van der Waals surface area contributed by atoms with E-state index in [-0.39, 0.29) is 16.4 Å². The number of benzene rings is 1. The van der Waals surface area contributed by atoms with Crippen LogP contribution in [0.1, 0.15) is 17.3 Å². The predicted molar refractivity (Wildman–Crippen MR) is 61.7 cm³/mol. The van der Waals surface area contributed by atoms with Crippen molar-refractivity contribution in [2.75, 3.05) is 5.88 Å². The molecule has 5 heteroatoms. The van der Waals surface area contributed by atoms with Gasteiger partial charge in [0.1, 0.15) is 5.82 Å². The van der Waals surface area contributed by atoms with Crippen LogP contribution in [0.4, 0.5) is 4.39 Å². The number of nitrogens with one attached hydrogen (secondary N) is 1. The minimum atomic E-state index is -0.392. The molecule has 1 aromatic carbocycles. The van der Waals surface area contributed by atoms with Crippen molar-refractivity contribution in [1.29, 1.82) is 0 Å². The average Bonchev–Trinajstić information content (AvgIpc) is 2.21. The van der Waals surface area contributed by atoms with Crippen LogP contribution in [-0.4, -0.2) is 17.8 Å². The Labute approximate surface area is 101 Å². The van der Waals surface area contributed by atoms with Crippen molar-refractivity contribution < 1.29 is 9.18 Å². The lowest BCUT2D eigenvalue weighted by Gasteiger charge is -2.10. The molecular formula is C10H10BrClFNO. The SMILES string of the molecule is CC(CCl)NC(=O)c1ccc(F)c(Br)c1. The van der Waals surface area contributed by atoms with E-state index in [0.717, 1.165) is 0 Å². The third-order valence-electron chi connectivity index (χ3n) is 1.79. The van der Waals surface area contributed by atoms with Crippen LogP contribution in [0, 0.1) is 5.82 Å². The number of carbonyl (C=O) groups excluding carboxylic acids is 1. The molecule has 2 nitrogen and oxygen atoms in total. The van der Waals surface area contributed by atoms with E-state index in [2.05, 4.69) is 21.2 Å². The highest BCUT2D eigenvalue weighted by Crippen LogP contribution is 2.16. The summed E-state index contributed by atoms with van der Waals surface area (Å²) < 4.78 is 13.2. The molecule has 1 amide bonds. The summed E-state index contributed by atoms with van der Waals surface area (Å²) in [6.07, 6.45) is 0. The Balaban J connectivity index is 2.78. The van der Waals surface area contributed by atoms with Gasteiger partial charge in [-0.1, -0.05) is 0 Å². The van der Waals surface area contributed by atoms with E-state index in [1.807, 2.05) is 0 Å².